The summed E-state index contributed by atoms with van der Waals surface area (Å²) in [5, 5.41) is 7.03. The van der Waals surface area contributed by atoms with Crippen LogP contribution in [0.15, 0.2) is 212 Å². The van der Waals surface area contributed by atoms with E-state index in [1.165, 1.54) is 42.2 Å². The quantitative estimate of drug-likeness (QED) is 0.168. The highest BCUT2D eigenvalue weighted by Gasteiger charge is 2.24. The Hall–Kier alpha value is -8.19. The maximum atomic E-state index is 5.43. The van der Waals surface area contributed by atoms with Gasteiger partial charge in [-0.2, -0.15) is 9.97 Å². The van der Waals surface area contributed by atoms with Crippen molar-refractivity contribution in [3.63, 3.8) is 0 Å². The van der Waals surface area contributed by atoms with E-state index in [1.54, 1.807) is 0 Å². The summed E-state index contributed by atoms with van der Waals surface area (Å²) in [5.74, 6) is 1.81. The molecule has 0 aliphatic carbocycles. The summed E-state index contributed by atoms with van der Waals surface area (Å²) in [6, 6.07) is 75.7. The van der Waals surface area contributed by atoms with Gasteiger partial charge in [0.05, 0.1) is 22.1 Å². The standard InChI is InChI=1S/C57H35N5S/c1-3-16-36(17-4-1)41-22-7-8-23-42(41)38-20-15-21-40(34-38)61-49-27-12-9-24-43(49)46-31-32-47-44-25-10-13-28-50(44)62(54(47)53(46)61)57-59-55(37-18-5-2-6-19-37)58-56(60-57)39-30-33-52-48(35-39)45-26-11-14-29-51(45)63-52/h1-35H. The summed E-state index contributed by atoms with van der Waals surface area (Å²) in [5.41, 5.74) is 12.0. The monoisotopic (exact) mass is 821 g/mol. The molecule has 0 aliphatic heterocycles. The van der Waals surface area contributed by atoms with Crippen LogP contribution < -0.4 is 0 Å². The Morgan fingerprint density at radius 3 is 1.59 bits per heavy atom. The molecule has 0 atom stereocenters. The van der Waals surface area contributed by atoms with E-state index in [1.807, 2.05) is 29.5 Å². The predicted octanol–water partition coefficient (Wildman–Crippen LogP) is 15.1. The van der Waals surface area contributed by atoms with Crippen LogP contribution in [0, 0.1) is 0 Å². The molecular weight excluding hydrogens is 787 g/mol. The summed E-state index contributed by atoms with van der Waals surface area (Å²) in [6.07, 6.45) is 0. The molecule has 0 saturated heterocycles. The average Bonchev–Trinajstić information content (AvgIpc) is 4.02. The third-order valence-electron chi connectivity index (χ3n) is 12.4. The van der Waals surface area contributed by atoms with Crippen molar-refractivity contribution < 1.29 is 0 Å². The molecule has 6 heteroatoms. The van der Waals surface area contributed by atoms with E-state index in [4.69, 9.17) is 15.0 Å². The zero-order valence-electron chi connectivity index (χ0n) is 33.9. The van der Waals surface area contributed by atoms with E-state index in [0.717, 1.165) is 60.6 Å². The minimum Gasteiger partial charge on any atom is -0.307 e. The van der Waals surface area contributed by atoms with E-state index in [9.17, 15) is 0 Å². The third-order valence-corrected chi connectivity index (χ3v) is 13.5. The fourth-order valence-corrected chi connectivity index (χ4v) is 10.7. The van der Waals surface area contributed by atoms with Gasteiger partial charge >= 0.3 is 0 Å². The SMILES string of the molecule is c1ccc(-c2nc(-c3ccc4sc5ccccc5c4c3)nc(-n3c4ccccc4c4ccc5c6ccccc6n(-c6cccc(-c7ccccc7-c7ccccc7)c6)c5c43)n2)cc1. The van der Waals surface area contributed by atoms with Crippen LogP contribution in [0.1, 0.15) is 0 Å². The number of hydrogen-bond donors (Lipinski definition) is 0. The van der Waals surface area contributed by atoms with Crippen molar-refractivity contribution >= 4 is 75.1 Å². The van der Waals surface area contributed by atoms with Gasteiger partial charge in [0, 0.05) is 58.5 Å². The second kappa shape index (κ2) is 14.2. The molecule has 0 bridgehead atoms. The Bertz CT molecular complexity index is 3920. The normalized spacial score (nSPS) is 11.8. The predicted molar refractivity (Wildman–Crippen MR) is 263 cm³/mol. The Kier molecular flexibility index (Phi) is 8.01. The zero-order chi connectivity index (χ0) is 41.4. The molecule has 63 heavy (non-hydrogen) atoms. The number of thiophene rings is 1. The Morgan fingerprint density at radius 1 is 0.317 bits per heavy atom. The molecule has 294 valence electrons. The van der Waals surface area contributed by atoms with Crippen molar-refractivity contribution in [2.24, 2.45) is 0 Å². The van der Waals surface area contributed by atoms with Crippen molar-refractivity contribution in [3.05, 3.63) is 212 Å². The molecule has 13 rings (SSSR count). The van der Waals surface area contributed by atoms with Crippen LogP contribution in [-0.2, 0) is 0 Å². The molecule has 4 heterocycles. The second-order valence-corrected chi connectivity index (χ2v) is 17.1. The lowest BCUT2D eigenvalue weighted by Gasteiger charge is -2.15. The van der Waals surface area contributed by atoms with Gasteiger partial charge in [-0.3, -0.25) is 4.57 Å². The van der Waals surface area contributed by atoms with E-state index in [-0.39, 0.29) is 0 Å². The number of nitrogens with zero attached hydrogens (tertiary/aromatic N) is 5. The fraction of sp³-hybridized carbons (Fsp3) is 0. The number of hydrogen-bond acceptors (Lipinski definition) is 4. The zero-order valence-corrected chi connectivity index (χ0v) is 34.7. The molecule has 9 aromatic carbocycles. The maximum Gasteiger partial charge on any atom is 0.238 e. The van der Waals surface area contributed by atoms with Gasteiger partial charge in [-0.05, 0) is 70.8 Å². The molecule has 0 spiro atoms. The number of aromatic nitrogens is 5. The minimum absolute atomic E-state index is 0.565. The van der Waals surface area contributed by atoms with Crippen LogP contribution in [-0.4, -0.2) is 24.1 Å². The van der Waals surface area contributed by atoms with Gasteiger partial charge in [0.1, 0.15) is 0 Å². The van der Waals surface area contributed by atoms with Crippen molar-refractivity contribution in [3.8, 4) is 56.7 Å². The molecule has 5 nitrogen and oxygen atoms in total. The van der Waals surface area contributed by atoms with Crippen LogP contribution in [0.25, 0.3) is 120 Å². The molecule has 0 fully saturated rings. The van der Waals surface area contributed by atoms with E-state index < -0.39 is 0 Å². The van der Waals surface area contributed by atoms with Crippen LogP contribution >= 0.6 is 11.3 Å². The van der Waals surface area contributed by atoms with Crippen molar-refractivity contribution in [1.29, 1.82) is 0 Å². The van der Waals surface area contributed by atoms with Gasteiger partial charge in [-0.1, -0.05) is 164 Å². The molecule has 4 aromatic heterocycles. The molecule has 0 amide bonds. The molecule has 0 N–H and O–H groups in total. The number of benzene rings is 9. The Labute approximate surface area is 366 Å². The molecule has 0 aliphatic rings. The lowest BCUT2D eigenvalue weighted by Crippen LogP contribution is -2.07. The Morgan fingerprint density at radius 2 is 0.857 bits per heavy atom. The van der Waals surface area contributed by atoms with Crippen molar-refractivity contribution in [2.75, 3.05) is 0 Å². The van der Waals surface area contributed by atoms with E-state index in [0.29, 0.717) is 17.6 Å². The van der Waals surface area contributed by atoms with Gasteiger partial charge in [-0.25, -0.2) is 4.98 Å². The Balaban J connectivity index is 1.11. The molecule has 0 saturated carbocycles. The maximum absolute atomic E-state index is 5.43. The summed E-state index contributed by atoms with van der Waals surface area (Å²) in [4.78, 5) is 16.0. The smallest absolute Gasteiger partial charge is 0.238 e. The largest absolute Gasteiger partial charge is 0.307 e. The number of rotatable bonds is 6. The fourth-order valence-electron chi connectivity index (χ4n) is 9.57. The van der Waals surface area contributed by atoms with Gasteiger partial charge < -0.3 is 4.57 Å². The van der Waals surface area contributed by atoms with Gasteiger partial charge in [0.2, 0.25) is 5.95 Å². The van der Waals surface area contributed by atoms with Crippen LogP contribution in [0.2, 0.25) is 0 Å². The van der Waals surface area contributed by atoms with Crippen LogP contribution in [0.3, 0.4) is 0 Å². The topological polar surface area (TPSA) is 48.5 Å². The molecular formula is C57H35N5S. The third kappa shape index (κ3) is 5.66. The first-order valence-corrected chi connectivity index (χ1v) is 22.0. The minimum atomic E-state index is 0.565. The van der Waals surface area contributed by atoms with Crippen molar-refractivity contribution in [2.45, 2.75) is 0 Å². The highest BCUT2D eigenvalue weighted by atomic mass is 32.1. The van der Waals surface area contributed by atoms with Crippen LogP contribution in [0.5, 0.6) is 0 Å². The highest BCUT2D eigenvalue weighted by Crippen LogP contribution is 2.43. The number of fused-ring (bicyclic) bond motifs is 10. The lowest BCUT2D eigenvalue weighted by molar-refractivity contribution is 0.953. The summed E-state index contributed by atoms with van der Waals surface area (Å²) >= 11 is 1.81. The summed E-state index contributed by atoms with van der Waals surface area (Å²) in [7, 11) is 0. The molecule has 0 radical (unpaired) electrons. The lowest BCUT2D eigenvalue weighted by atomic mass is 9.94. The molecule has 0 unspecified atom stereocenters. The van der Waals surface area contributed by atoms with Gasteiger partial charge in [0.15, 0.2) is 11.6 Å². The first-order valence-electron chi connectivity index (χ1n) is 21.2. The van der Waals surface area contributed by atoms with Crippen LogP contribution in [0.4, 0.5) is 0 Å². The average molecular weight is 822 g/mol. The first kappa shape index (κ1) is 35.6. The van der Waals surface area contributed by atoms with E-state index in [2.05, 4.69) is 203 Å². The second-order valence-electron chi connectivity index (χ2n) is 16.0. The molecule has 13 aromatic rings. The highest BCUT2D eigenvalue weighted by molar-refractivity contribution is 7.25. The summed E-state index contributed by atoms with van der Waals surface area (Å²) < 4.78 is 7.21. The number of para-hydroxylation sites is 2. The van der Waals surface area contributed by atoms with Gasteiger partial charge in [-0.15, -0.1) is 11.3 Å². The van der Waals surface area contributed by atoms with Crippen molar-refractivity contribution in [1.82, 2.24) is 24.1 Å². The summed E-state index contributed by atoms with van der Waals surface area (Å²) in [6.45, 7) is 0. The van der Waals surface area contributed by atoms with E-state index >= 15 is 0 Å². The first-order chi connectivity index (χ1) is 31.2. The van der Waals surface area contributed by atoms with Gasteiger partial charge in [0.25, 0.3) is 0 Å².